The molecule has 0 atom stereocenters. The molecule has 0 aliphatic heterocycles. The van der Waals surface area contributed by atoms with E-state index in [0.29, 0.717) is 6.54 Å². The van der Waals surface area contributed by atoms with Crippen molar-refractivity contribution in [3.63, 3.8) is 0 Å². The van der Waals surface area contributed by atoms with Crippen molar-refractivity contribution in [3.8, 4) is 11.5 Å². The van der Waals surface area contributed by atoms with Crippen LogP contribution in [-0.4, -0.2) is 10.2 Å². The van der Waals surface area contributed by atoms with Gasteiger partial charge in [0.15, 0.2) is 5.76 Å². The molecule has 0 amide bonds. The van der Waals surface area contributed by atoms with Crippen molar-refractivity contribution < 1.29 is 4.42 Å². The molecule has 2 aromatic heterocycles. The second-order valence-corrected chi connectivity index (χ2v) is 5.08. The number of hydrogen-bond donors (Lipinski definition) is 2. The molecule has 0 radical (unpaired) electrons. The van der Waals surface area contributed by atoms with E-state index in [1.165, 1.54) is 5.56 Å². The third kappa shape index (κ3) is 2.99. The van der Waals surface area contributed by atoms with Crippen LogP contribution in [0.25, 0.3) is 11.5 Å². The van der Waals surface area contributed by atoms with Gasteiger partial charge in [-0.2, -0.15) is 5.10 Å². The van der Waals surface area contributed by atoms with Crippen molar-refractivity contribution in [2.45, 2.75) is 26.8 Å². The van der Waals surface area contributed by atoms with E-state index in [4.69, 9.17) is 4.42 Å². The zero-order valence-corrected chi connectivity index (χ0v) is 12.3. The van der Waals surface area contributed by atoms with E-state index in [2.05, 4.69) is 46.7 Å². The third-order valence-electron chi connectivity index (χ3n) is 3.55. The molecule has 4 heteroatoms. The number of nitrogens with one attached hydrogen (secondary N) is 2. The molecular formula is C17H19N3O. The quantitative estimate of drug-likeness (QED) is 0.738. The fourth-order valence-corrected chi connectivity index (χ4v) is 2.28. The molecule has 2 heterocycles. The highest BCUT2D eigenvalue weighted by Gasteiger charge is 2.10. The average molecular weight is 281 g/mol. The lowest BCUT2D eigenvalue weighted by molar-refractivity contribution is 0.545. The van der Waals surface area contributed by atoms with Gasteiger partial charge in [-0.15, -0.1) is 0 Å². The molecule has 4 nitrogen and oxygen atoms in total. The van der Waals surface area contributed by atoms with E-state index >= 15 is 0 Å². The van der Waals surface area contributed by atoms with Crippen molar-refractivity contribution in [2.75, 3.05) is 5.32 Å². The first-order valence-electron chi connectivity index (χ1n) is 7.18. The maximum Gasteiger partial charge on any atom is 0.152 e. The van der Waals surface area contributed by atoms with Crippen molar-refractivity contribution in [3.05, 3.63) is 59.5 Å². The minimum Gasteiger partial charge on any atom is -0.460 e. The highest BCUT2D eigenvalue weighted by atomic mass is 16.3. The summed E-state index contributed by atoms with van der Waals surface area (Å²) >= 11 is 0. The van der Waals surface area contributed by atoms with Gasteiger partial charge in [0.25, 0.3) is 0 Å². The fraction of sp³-hybridized carbons (Fsp3) is 0.235. The number of aromatic nitrogens is 2. The van der Waals surface area contributed by atoms with Gasteiger partial charge in [-0.1, -0.05) is 19.1 Å². The summed E-state index contributed by atoms with van der Waals surface area (Å²) in [6, 6.07) is 12.4. The topological polar surface area (TPSA) is 53.9 Å². The van der Waals surface area contributed by atoms with Crippen LogP contribution in [0.3, 0.4) is 0 Å². The molecule has 108 valence electrons. The molecule has 0 saturated heterocycles. The summed E-state index contributed by atoms with van der Waals surface area (Å²) in [5.74, 6) is 1.72. The summed E-state index contributed by atoms with van der Waals surface area (Å²) in [7, 11) is 0. The summed E-state index contributed by atoms with van der Waals surface area (Å²) in [6.07, 6.45) is 2.89. The summed E-state index contributed by atoms with van der Waals surface area (Å²) in [4.78, 5) is 0. The van der Waals surface area contributed by atoms with Crippen LogP contribution < -0.4 is 5.32 Å². The normalized spacial score (nSPS) is 10.8. The van der Waals surface area contributed by atoms with E-state index in [1.54, 1.807) is 0 Å². The molecule has 0 saturated carbocycles. The van der Waals surface area contributed by atoms with Crippen LogP contribution in [0.5, 0.6) is 0 Å². The van der Waals surface area contributed by atoms with E-state index in [1.807, 2.05) is 25.3 Å². The number of hydrogen-bond acceptors (Lipinski definition) is 3. The Bertz CT molecular complexity index is 710. The molecule has 3 rings (SSSR count). The predicted molar refractivity (Wildman–Crippen MR) is 84.2 cm³/mol. The zero-order valence-electron chi connectivity index (χ0n) is 12.3. The van der Waals surface area contributed by atoms with Gasteiger partial charge < -0.3 is 9.73 Å². The van der Waals surface area contributed by atoms with Gasteiger partial charge in [-0.3, -0.25) is 5.10 Å². The van der Waals surface area contributed by atoms with E-state index in [9.17, 15) is 0 Å². The lowest BCUT2D eigenvalue weighted by Crippen LogP contribution is -1.99. The molecule has 0 fully saturated rings. The third-order valence-corrected chi connectivity index (χ3v) is 3.55. The van der Waals surface area contributed by atoms with Crippen LogP contribution in [0.2, 0.25) is 0 Å². The highest BCUT2D eigenvalue weighted by Crippen LogP contribution is 2.24. The van der Waals surface area contributed by atoms with Crippen LogP contribution in [-0.2, 0) is 13.0 Å². The van der Waals surface area contributed by atoms with Crippen LogP contribution >= 0.6 is 0 Å². The first kappa shape index (κ1) is 13.5. The Kier molecular flexibility index (Phi) is 3.77. The van der Waals surface area contributed by atoms with E-state index < -0.39 is 0 Å². The minimum atomic E-state index is 0.705. The lowest BCUT2D eigenvalue weighted by Gasteiger charge is -2.07. The smallest absolute Gasteiger partial charge is 0.152 e. The number of aryl methyl sites for hydroxylation is 2. The van der Waals surface area contributed by atoms with Gasteiger partial charge in [-0.05, 0) is 43.2 Å². The summed E-state index contributed by atoms with van der Waals surface area (Å²) in [5, 5.41) is 10.5. The lowest BCUT2D eigenvalue weighted by atomic mass is 10.1. The Morgan fingerprint density at radius 3 is 2.62 bits per heavy atom. The Balaban J connectivity index is 1.72. The zero-order chi connectivity index (χ0) is 14.7. The first-order chi connectivity index (χ1) is 10.3. The monoisotopic (exact) mass is 281 g/mol. The van der Waals surface area contributed by atoms with Crippen molar-refractivity contribution in [1.82, 2.24) is 10.2 Å². The largest absolute Gasteiger partial charge is 0.460 e. The Morgan fingerprint density at radius 2 is 1.95 bits per heavy atom. The van der Waals surface area contributed by atoms with Gasteiger partial charge in [0.05, 0.1) is 6.20 Å². The molecule has 2 N–H and O–H groups in total. The second-order valence-electron chi connectivity index (χ2n) is 5.08. The summed E-state index contributed by atoms with van der Waals surface area (Å²) in [5.41, 5.74) is 4.47. The summed E-state index contributed by atoms with van der Waals surface area (Å²) in [6.45, 7) is 4.80. The van der Waals surface area contributed by atoms with Crippen LogP contribution in [0.4, 0.5) is 5.69 Å². The van der Waals surface area contributed by atoms with Gasteiger partial charge >= 0.3 is 0 Å². The molecule has 0 spiro atoms. The summed E-state index contributed by atoms with van der Waals surface area (Å²) < 4.78 is 5.65. The number of H-pyrrole nitrogens is 1. The molecule has 0 unspecified atom stereocenters. The van der Waals surface area contributed by atoms with Crippen molar-refractivity contribution >= 4 is 5.69 Å². The molecule has 21 heavy (non-hydrogen) atoms. The van der Waals surface area contributed by atoms with E-state index in [-0.39, 0.29) is 0 Å². The van der Waals surface area contributed by atoms with Crippen LogP contribution in [0, 0.1) is 6.92 Å². The van der Waals surface area contributed by atoms with Gasteiger partial charge in [0, 0.05) is 17.8 Å². The molecular weight excluding hydrogens is 262 g/mol. The SMILES string of the molecule is CCc1ccc(NCc2cn[nH]c2-c2ccc(C)o2)cc1. The Labute approximate surface area is 124 Å². The molecule has 0 aliphatic rings. The standard InChI is InChI=1S/C17H19N3O/c1-3-13-5-7-15(8-6-13)18-10-14-11-19-20-17(14)16-9-4-12(2)21-16/h4-9,11,18H,3,10H2,1-2H3,(H,19,20). The van der Waals surface area contributed by atoms with Gasteiger partial charge in [0.1, 0.15) is 11.5 Å². The van der Waals surface area contributed by atoms with E-state index in [0.717, 1.165) is 34.9 Å². The first-order valence-corrected chi connectivity index (χ1v) is 7.18. The van der Waals surface area contributed by atoms with Crippen LogP contribution in [0.15, 0.2) is 47.0 Å². The van der Waals surface area contributed by atoms with Crippen molar-refractivity contribution in [2.24, 2.45) is 0 Å². The number of nitrogens with zero attached hydrogens (tertiary/aromatic N) is 1. The minimum absolute atomic E-state index is 0.705. The predicted octanol–water partition coefficient (Wildman–Crippen LogP) is 4.15. The average Bonchev–Trinajstić information content (AvgIpc) is 3.14. The number of benzene rings is 1. The number of furan rings is 1. The molecule has 1 aromatic carbocycles. The van der Waals surface area contributed by atoms with Crippen molar-refractivity contribution in [1.29, 1.82) is 0 Å². The van der Waals surface area contributed by atoms with Gasteiger partial charge in [0.2, 0.25) is 0 Å². The number of rotatable bonds is 5. The van der Waals surface area contributed by atoms with Gasteiger partial charge in [-0.25, -0.2) is 0 Å². The Morgan fingerprint density at radius 1 is 1.14 bits per heavy atom. The number of anilines is 1. The fourth-order valence-electron chi connectivity index (χ4n) is 2.28. The number of aromatic amines is 1. The molecule has 0 bridgehead atoms. The maximum absolute atomic E-state index is 5.65. The Hall–Kier alpha value is -2.49. The second kappa shape index (κ2) is 5.87. The molecule has 3 aromatic rings. The molecule has 0 aliphatic carbocycles. The van der Waals surface area contributed by atoms with Crippen LogP contribution in [0.1, 0.15) is 23.8 Å². The maximum atomic E-state index is 5.65. The highest BCUT2D eigenvalue weighted by molar-refractivity contribution is 5.58.